The molecule has 0 spiro atoms. The standard InChI is InChI=1S/C18H18O7/c1-4-24-17(22)15-10(3)6-12(8-14(15)21)25-18(23)16-9(2)5-11(19)7-13(16)20/h5-8,19-21H,4H2,1-3H3. The molecule has 25 heavy (non-hydrogen) atoms. The second-order valence-electron chi connectivity index (χ2n) is 5.40. The highest BCUT2D eigenvalue weighted by Crippen LogP contribution is 2.31. The molecule has 0 unspecified atom stereocenters. The molecule has 0 fully saturated rings. The van der Waals surface area contributed by atoms with Crippen molar-refractivity contribution >= 4 is 11.9 Å². The van der Waals surface area contributed by atoms with E-state index in [1.54, 1.807) is 13.8 Å². The molecule has 0 bridgehead atoms. The molecule has 0 atom stereocenters. The van der Waals surface area contributed by atoms with Crippen molar-refractivity contribution in [2.24, 2.45) is 0 Å². The summed E-state index contributed by atoms with van der Waals surface area (Å²) in [6.45, 7) is 4.90. The van der Waals surface area contributed by atoms with Crippen molar-refractivity contribution in [3.8, 4) is 23.0 Å². The van der Waals surface area contributed by atoms with Crippen LogP contribution in [0.2, 0.25) is 0 Å². The molecule has 0 aliphatic heterocycles. The smallest absolute Gasteiger partial charge is 0.347 e. The molecule has 7 heteroatoms. The summed E-state index contributed by atoms with van der Waals surface area (Å²) in [4.78, 5) is 24.1. The van der Waals surface area contributed by atoms with E-state index in [4.69, 9.17) is 9.47 Å². The molecule has 2 aromatic rings. The maximum Gasteiger partial charge on any atom is 0.347 e. The summed E-state index contributed by atoms with van der Waals surface area (Å²) in [7, 11) is 0. The number of aromatic hydroxyl groups is 3. The normalized spacial score (nSPS) is 10.4. The molecule has 2 aromatic carbocycles. The maximum absolute atomic E-state index is 12.3. The van der Waals surface area contributed by atoms with Crippen LogP contribution < -0.4 is 4.74 Å². The van der Waals surface area contributed by atoms with Crippen molar-refractivity contribution in [1.82, 2.24) is 0 Å². The number of ether oxygens (including phenoxy) is 2. The summed E-state index contributed by atoms with van der Waals surface area (Å²) >= 11 is 0. The number of aryl methyl sites for hydroxylation is 2. The fourth-order valence-corrected chi connectivity index (χ4v) is 2.44. The van der Waals surface area contributed by atoms with Crippen LogP contribution in [-0.4, -0.2) is 33.9 Å². The summed E-state index contributed by atoms with van der Waals surface area (Å²) < 4.78 is 10.0. The van der Waals surface area contributed by atoms with Gasteiger partial charge in [-0.1, -0.05) is 0 Å². The average Bonchev–Trinajstić information content (AvgIpc) is 2.45. The van der Waals surface area contributed by atoms with Gasteiger partial charge in [0.1, 0.15) is 34.1 Å². The third-order valence-corrected chi connectivity index (χ3v) is 3.48. The number of carbonyl (C=O) groups is 2. The molecule has 0 aliphatic rings. The Morgan fingerprint density at radius 1 is 0.880 bits per heavy atom. The van der Waals surface area contributed by atoms with Gasteiger partial charge in [0.2, 0.25) is 0 Å². The SMILES string of the molecule is CCOC(=O)c1c(C)cc(OC(=O)c2c(C)cc(O)cc2O)cc1O. The Labute approximate surface area is 144 Å². The zero-order chi connectivity index (χ0) is 18.7. The Kier molecular flexibility index (Phi) is 5.17. The molecule has 3 N–H and O–H groups in total. The second-order valence-corrected chi connectivity index (χ2v) is 5.40. The van der Waals surface area contributed by atoms with Crippen LogP contribution in [0, 0.1) is 13.8 Å². The fourth-order valence-electron chi connectivity index (χ4n) is 2.44. The van der Waals surface area contributed by atoms with Crippen LogP contribution in [0.1, 0.15) is 38.8 Å². The molecule has 2 rings (SSSR count). The number of phenolic OH excluding ortho intramolecular Hbond substituents is 3. The highest BCUT2D eigenvalue weighted by Gasteiger charge is 2.21. The quantitative estimate of drug-likeness (QED) is 0.576. The number of rotatable bonds is 4. The first-order chi connectivity index (χ1) is 11.7. The number of carbonyl (C=O) groups excluding carboxylic acids is 2. The van der Waals surface area contributed by atoms with Crippen LogP contribution >= 0.6 is 0 Å². The van der Waals surface area contributed by atoms with Gasteiger partial charge in [0.25, 0.3) is 0 Å². The lowest BCUT2D eigenvalue weighted by atomic mass is 10.1. The molecule has 0 heterocycles. The average molecular weight is 346 g/mol. The maximum atomic E-state index is 12.3. The molecule has 0 saturated carbocycles. The van der Waals surface area contributed by atoms with Crippen molar-refractivity contribution < 1.29 is 34.4 Å². The van der Waals surface area contributed by atoms with E-state index in [0.29, 0.717) is 11.1 Å². The van der Waals surface area contributed by atoms with Gasteiger partial charge in [-0.25, -0.2) is 9.59 Å². The van der Waals surface area contributed by atoms with Gasteiger partial charge in [0.15, 0.2) is 0 Å². The first-order valence-electron chi connectivity index (χ1n) is 7.50. The third kappa shape index (κ3) is 3.82. The van der Waals surface area contributed by atoms with E-state index in [1.807, 2.05) is 0 Å². The van der Waals surface area contributed by atoms with Crippen molar-refractivity contribution in [2.45, 2.75) is 20.8 Å². The minimum Gasteiger partial charge on any atom is -0.508 e. The lowest BCUT2D eigenvalue weighted by molar-refractivity contribution is 0.0522. The lowest BCUT2D eigenvalue weighted by Crippen LogP contribution is -2.12. The van der Waals surface area contributed by atoms with Crippen molar-refractivity contribution in [2.75, 3.05) is 6.61 Å². The molecule has 0 radical (unpaired) electrons. The molecule has 0 aliphatic carbocycles. The van der Waals surface area contributed by atoms with E-state index >= 15 is 0 Å². The van der Waals surface area contributed by atoms with Crippen LogP contribution in [0.15, 0.2) is 24.3 Å². The summed E-state index contributed by atoms with van der Waals surface area (Å²) in [5, 5.41) is 29.3. The van der Waals surface area contributed by atoms with Gasteiger partial charge in [-0.05, 0) is 44.0 Å². The molecule has 0 aromatic heterocycles. The number of benzene rings is 2. The third-order valence-electron chi connectivity index (χ3n) is 3.48. The molecule has 0 saturated heterocycles. The Hall–Kier alpha value is -3.22. The number of phenols is 3. The molecule has 0 amide bonds. The van der Waals surface area contributed by atoms with Crippen LogP contribution in [0.4, 0.5) is 0 Å². The van der Waals surface area contributed by atoms with Gasteiger partial charge in [0.05, 0.1) is 6.61 Å². The minimum absolute atomic E-state index is 0.0000709. The Bertz CT molecular complexity index is 793. The second kappa shape index (κ2) is 7.12. The molecular formula is C18H18O7. The molecule has 7 nitrogen and oxygen atoms in total. The monoisotopic (exact) mass is 346 g/mol. The van der Waals surface area contributed by atoms with Crippen molar-refractivity contribution in [3.05, 3.63) is 46.5 Å². The van der Waals surface area contributed by atoms with E-state index in [1.165, 1.54) is 19.1 Å². The predicted octanol–water partition coefficient (Wildman–Crippen LogP) is 2.82. The van der Waals surface area contributed by atoms with Crippen molar-refractivity contribution in [3.63, 3.8) is 0 Å². The first kappa shape index (κ1) is 18.1. The van der Waals surface area contributed by atoms with Crippen LogP contribution in [0.3, 0.4) is 0 Å². The largest absolute Gasteiger partial charge is 0.508 e. The number of hydrogen-bond donors (Lipinski definition) is 3. The zero-order valence-electron chi connectivity index (χ0n) is 14.0. The van der Waals surface area contributed by atoms with E-state index in [9.17, 15) is 24.9 Å². The summed E-state index contributed by atoms with van der Waals surface area (Å²) in [6, 6.07) is 4.85. The van der Waals surface area contributed by atoms with Gasteiger partial charge in [-0.15, -0.1) is 0 Å². The number of esters is 2. The highest BCUT2D eigenvalue weighted by atomic mass is 16.5. The summed E-state index contributed by atoms with van der Waals surface area (Å²) in [5.41, 5.74) is 0.578. The number of hydrogen-bond acceptors (Lipinski definition) is 7. The Balaban J connectivity index is 2.33. The topological polar surface area (TPSA) is 113 Å². The van der Waals surface area contributed by atoms with Crippen molar-refractivity contribution in [1.29, 1.82) is 0 Å². The minimum atomic E-state index is -0.863. The zero-order valence-corrected chi connectivity index (χ0v) is 14.0. The van der Waals surface area contributed by atoms with Crippen LogP contribution in [0.5, 0.6) is 23.0 Å². The lowest BCUT2D eigenvalue weighted by Gasteiger charge is -2.12. The van der Waals surface area contributed by atoms with Gasteiger partial charge in [-0.3, -0.25) is 0 Å². The Morgan fingerprint density at radius 3 is 2.00 bits per heavy atom. The molecular weight excluding hydrogens is 328 g/mol. The van der Waals surface area contributed by atoms with Crippen LogP contribution in [0.25, 0.3) is 0 Å². The van der Waals surface area contributed by atoms with Gasteiger partial charge in [0, 0.05) is 12.1 Å². The van der Waals surface area contributed by atoms with E-state index in [2.05, 4.69) is 0 Å². The van der Waals surface area contributed by atoms with Gasteiger partial charge < -0.3 is 24.8 Å². The fraction of sp³-hybridized carbons (Fsp3) is 0.222. The van der Waals surface area contributed by atoms with Gasteiger partial charge >= 0.3 is 11.9 Å². The van der Waals surface area contributed by atoms with E-state index in [0.717, 1.165) is 12.1 Å². The summed E-state index contributed by atoms with van der Waals surface area (Å²) in [5.74, 6) is -2.53. The Morgan fingerprint density at radius 2 is 1.44 bits per heavy atom. The van der Waals surface area contributed by atoms with Gasteiger partial charge in [-0.2, -0.15) is 0 Å². The van der Waals surface area contributed by atoms with E-state index in [-0.39, 0.29) is 35.0 Å². The predicted molar refractivity (Wildman–Crippen MR) is 88.3 cm³/mol. The van der Waals surface area contributed by atoms with Crippen LogP contribution in [-0.2, 0) is 4.74 Å². The van der Waals surface area contributed by atoms with E-state index < -0.39 is 17.7 Å². The molecule has 132 valence electrons. The highest BCUT2D eigenvalue weighted by molar-refractivity contribution is 5.97. The summed E-state index contributed by atoms with van der Waals surface area (Å²) in [6.07, 6.45) is 0. The first-order valence-corrected chi connectivity index (χ1v) is 7.50.